The van der Waals surface area contributed by atoms with E-state index in [1.54, 1.807) is 7.11 Å². The largest absolute Gasteiger partial charge is 0.497 e. The predicted octanol–water partition coefficient (Wildman–Crippen LogP) is 3.55. The van der Waals surface area contributed by atoms with Crippen molar-refractivity contribution in [2.24, 2.45) is 0 Å². The molecule has 1 aromatic heterocycles. The van der Waals surface area contributed by atoms with Gasteiger partial charge in [-0.2, -0.15) is 0 Å². The van der Waals surface area contributed by atoms with E-state index in [0.717, 1.165) is 36.9 Å². The highest BCUT2D eigenvalue weighted by atomic mass is 16.5. The van der Waals surface area contributed by atoms with Crippen molar-refractivity contribution in [1.82, 2.24) is 4.98 Å². The summed E-state index contributed by atoms with van der Waals surface area (Å²) < 4.78 is 5.26. The lowest BCUT2D eigenvalue weighted by molar-refractivity contribution is 0.414. The van der Waals surface area contributed by atoms with E-state index >= 15 is 0 Å². The molecule has 0 atom stereocenters. The lowest BCUT2D eigenvalue weighted by Crippen LogP contribution is -2.18. The Morgan fingerprint density at radius 3 is 2.76 bits per heavy atom. The van der Waals surface area contributed by atoms with E-state index in [-0.39, 0.29) is 0 Å². The highest BCUT2D eigenvalue weighted by molar-refractivity contribution is 5.47. The van der Waals surface area contributed by atoms with Gasteiger partial charge in [0.25, 0.3) is 0 Å². The molecule has 0 saturated heterocycles. The maximum atomic E-state index is 5.26. The van der Waals surface area contributed by atoms with Gasteiger partial charge in [-0.05, 0) is 36.2 Å². The van der Waals surface area contributed by atoms with E-state index in [9.17, 15) is 0 Å². The zero-order valence-corrected chi connectivity index (χ0v) is 13.0. The Bertz CT molecular complexity index is 571. The van der Waals surface area contributed by atoms with Crippen molar-refractivity contribution in [1.29, 1.82) is 0 Å². The molecule has 1 heterocycles. The fraction of sp³-hybridized carbons (Fsp3) is 0.353. The molecule has 0 aliphatic heterocycles. The second-order valence-corrected chi connectivity index (χ2v) is 5.02. The lowest BCUT2D eigenvalue weighted by Gasteiger charge is -2.19. The van der Waals surface area contributed by atoms with Crippen LogP contribution in [0.1, 0.15) is 18.9 Å². The maximum Gasteiger partial charge on any atom is 0.130 e. The first-order valence-corrected chi connectivity index (χ1v) is 7.28. The molecule has 0 aliphatic carbocycles. The molecule has 112 valence electrons. The molecule has 0 fully saturated rings. The molecule has 4 nitrogen and oxygen atoms in total. The van der Waals surface area contributed by atoms with Gasteiger partial charge >= 0.3 is 0 Å². The Hall–Kier alpha value is -2.23. The van der Waals surface area contributed by atoms with Crippen LogP contribution in [0.25, 0.3) is 0 Å². The summed E-state index contributed by atoms with van der Waals surface area (Å²) in [5.74, 6) is 2.76. The highest BCUT2D eigenvalue weighted by Gasteiger charge is 2.05. The van der Waals surface area contributed by atoms with Crippen LogP contribution in [-0.2, 0) is 6.54 Å². The van der Waals surface area contributed by atoms with E-state index in [4.69, 9.17) is 4.74 Å². The number of anilines is 2. The Morgan fingerprint density at radius 2 is 2.00 bits per heavy atom. The Labute approximate surface area is 126 Å². The quantitative estimate of drug-likeness (QED) is 0.844. The van der Waals surface area contributed by atoms with Crippen LogP contribution in [0, 0.1) is 0 Å². The molecule has 21 heavy (non-hydrogen) atoms. The fourth-order valence-corrected chi connectivity index (χ4v) is 2.11. The summed E-state index contributed by atoms with van der Waals surface area (Å²) in [5, 5.41) is 3.31. The van der Waals surface area contributed by atoms with Gasteiger partial charge in [0.15, 0.2) is 0 Å². The summed E-state index contributed by atoms with van der Waals surface area (Å²) in [6.07, 6.45) is 1.09. The molecular formula is C17H23N3O. The summed E-state index contributed by atoms with van der Waals surface area (Å²) in [6, 6.07) is 14.2. The van der Waals surface area contributed by atoms with Gasteiger partial charge in [0.2, 0.25) is 0 Å². The van der Waals surface area contributed by atoms with Crippen LogP contribution >= 0.6 is 0 Å². The molecule has 0 spiro atoms. The van der Waals surface area contributed by atoms with Crippen molar-refractivity contribution in [3.8, 4) is 5.75 Å². The third-order valence-electron chi connectivity index (χ3n) is 3.24. The van der Waals surface area contributed by atoms with Crippen molar-refractivity contribution in [3.05, 3.63) is 48.0 Å². The second-order valence-electron chi connectivity index (χ2n) is 5.02. The molecule has 1 aromatic carbocycles. The van der Waals surface area contributed by atoms with Gasteiger partial charge in [0.05, 0.1) is 7.11 Å². The number of aromatic nitrogens is 1. The molecule has 4 heteroatoms. The first-order chi connectivity index (χ1) is 10.2. The fourth-order valence-electron chi connectivity index (χ4n) is 2.11. The number of methoxy groups -OCH3 is 1. The highest BCUT2D eigenvalue weighted by Crippen LogP contribution is 2.18. The van der Waals surface area contributed by atoms with Crippen LogP contribution in [0.15, 0.2) is 42.5 Å². The van der Waals surface area contributed by atoms with Gasteiger partial charge in [-0.3, -0.25) is 0 Å². The molecule has 0 bridgehead atoms. The Morgan fingerprint density at radius 1 is 1.19 bits per heavy atom. The molecule has 0 saturated carbocycles. The number of hydrogen-bond acceptors (Lipinski definition) is 4. The van der Waals surface area contributed by atoms with Crippen molar-refractivity contribution in [2.45, 2.75) is 19.9 Å². The smallest absolute Gasteiger partial charge is 0.130 e. The van der Waals surface area contributed by atoms with E-state index in [2.05, 4.69) is 34.3 Å². The SMILES string of the molecule is CCCNc1cccc(N(C)Cc2cccc(OC)c2)n1. The summed E-state index contributed by atoms with van der Waals surface area (Å²) in [6.45, 7) is 3.88. The second kappa shape index (κ2) is 7.53. The minimum atomic E-state index is 0.793. The van der Waals surface area contributed by atoms with E-state index < -0.39 is 0 Å². The molecular weight excluding hydrogens is 262 g/mol. The third kappa shape index (κ3) is 4.38. The molecule has 2 rings (SSSR count). The van der Waals surface area contributed by atoms with Crippen molar-refractivity contribution in [2.75, 3.05) is 30.9 Å². The minimum Gasteiger partial charge on any atom is -0.497 e. The van der Waals surface area contributed by atoms with Gasteiger partial charge in [-0.25, -0.2) is 4.98 Å². The topological polar surface area (TPSA) is 37.4 Å². The van der Waals surface area contributed by atoms with Crippen LogP contribution in [0.3, 0.4) is 0 Å². The monoisotopic (exact) mass is 285 g/mol. The summed E-state index contributed by atoms with van der Waals surface area (Å²) in [4.78, 5) is 6.76. The lowest BCUT2D eigenvalue weighted by atomic mass is 10.2. The number of pyridine rings is 1. The van der Waals surface area contributed by atoms with E-state index in [1.807, 2.05) is 37.4 Å². The standard InChI is InChI=1S/C17H23N3O/c1-4-11-18-16-9-6-10-17(19-16)20(2)13-14-7-5-8-15(12-14)21-3/h5-10,12H,4,11,13H2,1-3H3,(H,18,19). The summed E-state index contributed by atoms with van der Waals surface area (Å²) in [5.41, 5.74) is 1.20. The molecule has 0 aliphatic rings. The molecule has 0 unspecified atom stereocenters. The summed E-state index contributed by atoms with van der Waals surface area (Å²) >= 11 is 0. The van der Waals surface area contributed by atoms with Crippen molar-refractivity contribution >= 4 is 11.6 Å². The van der Waals surface area contributed by atoms with Crippen LogP contribution in [-0.4, -0.2) is 25.7 Å². The van der Waals surface area contributed by atoms with Gasteiger partial charge < -0.3 is 15.0 Å². The van der Waals surface area contributed by atoms with Crippen LogP contribution in [0.5, 0.6) is 5.75 Å². The van der Waals surface area contributed by atoms with Gasteiger partial charge in [0, 0.05) is 20.1 Å². The number of benzene rings is 1. The van der Waals surface area contributed by atoms with Crippen LogP contribution in [0.2, 0.25) is 0 Å². The Kier molecular flexibility index (Phi) is 5.43. The van der Waals surface area contributed by atoms with Crippen molar-refractivity contribution in [3.63, 3.8) is 0 Å². The number of nitrogens with zero attached hydrogens (tertiary/aromatic N) is 2. The predicted molar refractivity (Wildman–Crippen MR) is 88.1 cm³/mol. The minimum absolute atomic E-state index is 0.793. The molecule has 0 amide bonds. The number of rotatable bonds is 7. The number of nitrogens with one attached hydrogen (secondary N) is 1. The Balaban J connectivity index is 2.06. The zero-order chi connectivity index (χ0) is 15.1. The van der Waals surface area contributed by atoms with Crippen LogP contribution < -0.4 is 15.0 Å². The molecule has 2 aromatic rings. The average molecular weight is 285 g/mol. The maximum absolute atomic E-state index is 5.26. The first kappa shape index (κ1) is 15.2. The van der Waals surface area contributed by atoms with Crippen LogP contribution in [0.4, 0.5) is 11.6 Å². The van der Waals surface area contributed by atoms with E-state index in [1.165, 1.54) is 5.56 Å². The number of ether oxygens (including phenoxy) is 1. The average Bonchev–Trinajstić information content (AvgIpc) is 2.53. The zero-order valence-electron chi connectivity index (χ0n) is 13.0. The molecule has 1 N–H and O–H groups in total. The van der Waals surface area contributed by atoms with E-state index in [0.29, 0.717) is 0 Å². The first-order valence-electron chi connectivity index (χ1n) is 7.28. The molecule has 0 radical (unpaired) electrons. The normalized spacial score (nSPS) is 10.2. The van der Waals surface area contributed by atoms with Crippen molar-refractivity contribution < 1.29 is 4.74 Å². The summed E-state index contributed by atoms with van der Waals surface area (Å²) in [7, 11) is 3.73. The number of hydrogen-bond donors (Lipinski definition) is 1. The van der Waals surface area contributed by atoms with Gasteiger partial charge in [0.1, 0.15) is 17.4 Å². The van der Waals surface area contributed by atoms with Gasteiger partial charge in [-0.1, -0.05) is 25.1 Å². The third-order valence-corrected chi connectivity index (χ3v) is 3.24. The van der Waals surface area contributed by atoms with Gasteiger partial charge in [-0.15, -0.1) is 0 Å².